The van der Waals surface area contributed by atoms with Crippen LogP contribution in [0.25, 0.3) is 0 Å². The maximum atomic E-state index is 12.4. The van der Waals surface area contributed by atoms with Crippen molar-refractivity contribution in [3.8, 4) is 0 Å². The Balaban J connectivity index is 1.97. The molecule has 0 amide bonds. The summed E-state index contributed by atoms with van der Waals surface area (Å²) >= 11 is 1.47. The van der Waals surface area contributed by atoms with Crippen molar-refractivity contribution in [3.05, 3.63) is 51.5 Å². The SMILES string of the molecule is CCc1nc(COC(=O)c2ccc(C(F)(F)F)cc2)cs1. The number of thiazole rings is 1. The zero-order chi connectivity index (χ0) is 15.5. The summed E-state index contributed by atoms with van der Waals surface area (Å²) in [7, 11) is 0. The first-order valence-corrected chi connectivity index (χ1v) is 7.05. The van der Waals surface area contributed by atoms with Crippen LogP contribution in [-0.2, 0) is 23.9 Å². The molecule has 2 rings (SSSR count). The Morgan fingerprint density at radius 2 is 1.95 bits per heavy atom. The first-order valence-electron chi connectivity index (χ1n) is 6.18. The summed E-state index contributed by atoms with van der Waals surface area (Å²) in [6.45, 7) is 1.98. The Morgan fingerprint density at radius 3 is 2.48 bits per heavy atom. The molecule has 7 heteroatoms. The van der Waals surface area contributed by atoms with Gasteiger partial charge in [0.15, 0.2) is 0 Å². The van der Waals surface area contributed by atoms with Crippen LogP contribution >= 0.6 is 11.3 Å². The van der Waals surface area contributed by atoms with Crippen molar-refractivity contribution in [2.45, 2.75) is 26.1 Å². The van der Waals surface area contributed by atoms with Gasteiger partial charge in [0.2, 0.25) is 0 Å². The molecule has 0 saturated heterocycles. The minimum Gasteiger partial charge on any atom is -0.456 e. The number of hydrogen-bond acceptors (Lipinski definition) is 4. The van der Waals surface area contributed by atoms with Crippen molar-refractivity contribution in [2.24, 2.45) is 0 Å². The summed E-state index contributed by atoms with van der Waals surface area (Å²) in [6, 6.07) is 3.91. The van der Waals surface area contributed by atoms with E-state index in [0.717, 1.165) is 35.7 Å². The zero-order valence-electron chi connectivity index (χ0n) is 11.1. The second-order valence-electron chi connectivity index (χ2n) is 4.24. The van der Waals surface area contributed by atoms with E-state index in [9.17, 15) is 18.0 Å². The van der Waals surface area contributed by atoms with Gasteiger partial charge in [0.25, 0.3) is 0 Å². The topological polar surface area (TPSA) is 39.2 Å². The van der Waals surface area contributed by atoms with Crippen LogP contribution in [0, 0.1) is 0 Å². The van der Waals surface area contributed by atoms with Gasteiger partial charge in [-0.2, -0.15) is 13.2 Å². The molecule has 2 aromatic rings. The third-order valence-electron chi connectivity index (χ3n) is 2.70. The largest absolute Gasteiger partial charge is 0.456 e. The monoisotopic (exact) mass is 315 g/mol. The Kier molecular flexibility index (Phi) is 4.62. The lowest BCUT2D eigenvalue weighted by atomic mass is 10.1. The molecule has 0 atom stereocenters. The van der Waals surface area contributed by atoms with E-state index in [0.29, 0.717) is 5.69 Å². The van der Waals surface area contributed by atoms with Gasteiger partial charge in [-0.1, -0.05) is 6.92 Å². The predicted octanol–water partition coefficient (Wildman–Crippen LogP) is 4.08. The van der Waals surface area contributed by atoms with Gasteiger partial charge in [-0.25, -0.2) is 9.78 Å². The molecule has 0 bridgehead atoms. The quantitative estimate of drug-likeness (QED) is 0.798. The number of rotatable bonds is 4. The number of aromatic nitrogens is 1. The van der Waals surface area contributed by atoms with Crippen LogP contribution < -0.4 is 0 Å². The minimum atomic E-state index is -4.42. The van der Waals surface area contributed by atoms with E-state index < -0.39 is 17.7 Å². The molecule has 0 aliphatic carbocycles. The second kappa shape index (κ2) is 6.26. The number of benzene rings is 1. The number of nitrogens with zero attached hydrogens (tertiary/aromatic N) is 1. The lowest BCUT2D eigenvalue weighted by Crippen LogP contribution is -2.08. The van der Waals surface area contributed by atoms with E-state index >= 15 is 0 Å². The number of esters is 1. The van der Waals surface area contributed by atoms with Crippen molar-refractivity contribution in [3.63, 3.8) is 0 Å². The number of carbonyl (C=O) groups excluding carboxylic acids is 1. The molecule has 1 heterocycles. The number of halogens is 3. The van der Waals surface area contributed by atoms with E-state index in [-0.39, 0.29) is 12.2 Å². The van der Waals surface area contributed by atoms with E-state index in [2.05, 4.69) is 4.98 Å². The molecule has 0 unspecified atom stereocenters. The average molecular weight is 315 g/mol. The van der Waals surface area contributed by atoms with Crippen LogP contribution in [0.2, 0.25) is 0 Å². The highest BCUT2D eigenvalue weighted by Crippen LogP contribution is 2.29. The molecule has 0 aliphatic heterocycles. The lowest BCUT2D eigenvalue weighted by molar-refractivity contribution is -0.137. The van der Waals surface area contributed by atoms with E-state index in [1.807, 2.05) is 6.92 Å². The van der Waals surface area contributed by atoms with Crippen molar-refractivity contribution < 1.29 is 22.7 Å². The highest BCUT2D eigenvalue weighted by atomic mass is 32.1. The van der Waals surface area contributed by atoms with Crippen molar-refractivity contribution in [1.82, 2.24) is 4.98 Å². The van der Waals surface area contributed by atoms with Crippen molar-refractivity contribution in [2.75, 3.05) is 0 Å². The van der Waals surface area contributed by atoms with Gasteiger partial charge in [0, 0.05) is 5.38 Å². The second-order valence-corrected chi connectivity index (χ2v) is 5.18. The average Bonchev–Trinajstić information content (AvgIpc) is 2.92. The highest BCUT2D eigenvalue weighted by Gasteiger charge is 2.30. The summed E-state index contributed by atoms with van der Waals surface area (Å²) < 4.78 is 42.2. The molecule has 112 valence electrons. The fourth-order valence-electron chi connectivity index (χ4n) is 1.60. The number of aryl methyl sites for hydroxylation is 1. The van der Waals surface area contributed by atoms with Gasteiger partial charge in [0.1, 0.15) is 6.61 Å². The van der Waals surface area contributed by atoms with Crippen LogP contribution in [0.1, 0.15) is 33.5 Å². The van der Waals surface area contributed by atoms with Crippen LogP contribution in [0.4, 0.5) is 13.2 Å². The molecular formula is C14H12F3NO2S. The van der Waals surface area contributed by atoms with Crippen LogP contribution in [0.15, 0.2) is 29.6 Å². The third kappa shape index (κ3) is 4.04. The molecule has 0 saturated carbocycles. The Bertz CT molecular complexity index is 620. The number of carbonyl (C=O) groups is 1. The number of hydrogen-bond donors (Lipinski definition) is 0. The van der Waals surface area contributed by atoms with E-state index in [1.165, 1.54) is 11.3 Å². The van der Waals surface area contributed by atoms with Gasteiger partial charge in [-0.15, -0.1) is 11.3 Å². The highest BCUT2D eigenvalue weighted by molar-refractivity contribution is 7.09. The fraction of sp³-hybridized carbons (Fsp3) is 0.286. The minimum absolute atomic E-state index is 0.0103. The molecule has 0 radical (unpaired) electrons. The first kappa shape index (κ1) is 15.5. The summed E-state index contributed by atoms with van der Waals surface area (Å²) in [5.41, 5.74) is -0.0859. The molecule has 0 fully saturated rings. The Labute approximate surface area is 123 Å². The molecule has 3 nitrogen and oxygen atoms in total. The summed E-state index contributed by atoms with van der Waals surface area (Å²) in [5.74, 6) is -0.672. The summed E-state index contributed by atoms with van der Waals surface area (Å²) in [4.78, 5) is 16.0. The Morgan fingerprint density at radius 1 is 1.29 bits per heavy atom. The lowest BCUT2D eigenvalue weighted by Gasteiger charge is -2.07. The molecule has 1 aromatic carbocycles. The van der Waals surface area contributed by atoms with E-state index in [1.54, 1.807) is 5.38 Å². The summed E-state index contributed by atoms with van der Waals surface area (Å²) in [6.07, 6.45) is -3.61. The normalized spacial score (nSPS) is 11.4. The van der Waals surface area contributed by atoms with Crippen LogP contribution in [0.5, 0.6) is 0 Å². The molecule has 0 N–H and O–H groups in total. The maximum Gasteiger partial charge on any atom is 0.416 e. The standard InChI is InChI=1S/C14H12F3NO2S/c1-2-12-18-11(8-21-12)7-20-13(19)9-3-5-10(6-4-9)14(15,16)17/h3-6,8H,2,7H2,1H3. The third-order valence-corrected chi connectivity index (χ3v) is 3.74. The number of alkyl halides is 3. The van der Waals surface area contributed by atoms with Crippen molar-refractivity contribution >= 4 is 17.3 Å². The van der Waals surface area contributed by atoms with Gasteiger partial charge in [-0.3, -0.25) is 0 Å². The number of ether oxygens (including phenoxy) is 1. The molecular weight excluding hydrogens is 303 g/mol. The Hall–Kier alpha value is -1.89. The predicted molar refractivity (Wildman–Crippen MR) is 72.1 cm³/mol. The van der Waals surface area contributed by atoms with Gasteiger partial charge >= 0.3 is 12.1 Å². The zero-order valence-corrected chi connectivity index (χ0v) is 11.9. The maximum absolute atomic E-state index is 12.4. The molecule has 0 spiro atoms. The van der Waals surface area contributed by atoms with Crippen LogP contribution in [0.3, 0.4) is 0 Å². The molecule has 1 aromatic heterocycles. The molecule has 21 heavy (non-hydrogen) atoms. The smallest absolute Gasteiger partial charge is 0.416 e. The van der Waals surface area contributed by atoms with Crippen molar-refractivity contribution in [1.29, 1.82) is 0 Å². The first-order chi connectivity index (χ1) is 9.90. The van der Waals surface area contributed by atoms with Crippen LogP contribution in [-0.4, -0.2) is 11.0 Å². The molecule has 0 aliphatic rings. The van der Waals surface area contributed by atoms with Gasteiger partial charge in [0.05, 0.1) is 21.8 Å². The summed E-state index contributed by atoms with van der Waals surface area (Å²) in [5, 5.41) is 2.73. The fourth-order valence-corrected chi connectivity index (χ4v) is 2.33. The van der Waals surface area contributed by atoms with E-state index in [4.69, 9.17) is 4.74 Å². The van der Waals surface area contributed by atoms with Gasteiger partial charge in [-0.05, 0) is 30.7 Å². The van der Waals surface area contributed by atoms with Gasteiger partial charge < -0.3 is 4.74 Å².